The number of anilines is 1. The summed E-state index contributed by atoms with van der Waals surface area (Å²) in [7, 11) is -8.51. The predicted octanol–water partition coefficient (Wildman–Crippen LogP) is 1.35. The number of carbonyl (C=O) groups excluding carboxylic acids is 1. The number of sulfone groups is 1. The summed E-state index contributed by atoms with van der Waals surface area (Å²) >= 11 is 0. The Balaban J connectivity index is 2.35. The molecule has 1 aromatic heterocycles. The molecule has 2 N–H and O–H groups in total. The summed E-state index contributed by atoms with van der Waals surface area (Å²) in [5, 5.41) is 1.16. The van der Waals surface area contributed by atoms with Gasteiger partial charge in [-0.2, -0.15) is 9.97 Å². The van der Waals surface area contributed by atoms with Gasteiger partial charge in [0.25, 0.3) is 10.0 Å². The van der Waals surface area contributed by atoms with Crippen LogP contribution in [0.15, 0.2) is 46.7 Å². The quantitative estimate of drug-likeness (QED) is 0.659. The summed E-state index contributed by atoms with van der Waals surface area (Å²) in [5.74, 6) is 0.528. The third-order valence-electron chi connectivity index (χ3n) is 3.58. The van der Waals surface area contributed by atoms with Crippen molar-refractivity contribution in [1.29, 1.82) is 0 Å². The van der Waals surface area contributed by atoms with Crippen molar-refractivity contribution in [1.82, 2.24) is 19.7 Å². The van der Waals surface area contributed by atoms with Crippen molar-refractivity contribution >= 4 is 31.8 Å². The van der Waals surface area contributed by atoms with Gasteiger partial charge >= 0.3 is 6.03 Å². The van der Waals surface area contributed by atoms with Crippen molar-refractivity contribution in [2.45, 2.75) is 35.8 Å². The minimum absolute atomic E-state index is 0.140. The van der Waals surface area contributed by atoms with Crippen LogP contribution in [0.2, 0.25) is 0 Å². The summed E-state index contributed by atoms with van der Waals surface area (Å²) in [5.41, 5.74) is 0. The molecule has 0 spiro atoms. The number of aryl methyl sites for hydroxylation is 2. The molecule has 2 aromatic rings. The fraction of sp³-hybridized carbons (Fsp3) is 0.250. The third-order valence-corrected chi connectivity index (χ3v) is 7.24. The van der Waals surface area contributed by atoms with Crippen LogP contribution in [0.25, 0.3) is 0 Å². The Bertz CT molecular complexity index is 1110. The number of amides is 2. The molecule has 2 rings (SSSR count). The molecule has 0 aliphatic carbocycles. The molecule has 0 aliphatic heterocycles. The number of urea groups is 1. The predicted molar refractivity (Wildman–Crippen MR) is 102 cm³/mol. The van der Waals surface area contributed by atoms with Crippen molar-refractivity contribution in [2.24, 2.45) is 0 Å². The molecule has 10 nitrogen and oxygen atoms in total. The molecule has 0 fully saturated rings. The van der Waals surface area contributed by atoms with Crippen LogP contribution < -0.4 is 10.0 Å². The van der Waals surface area contributed by atoms with Gasteiger partial charge in [0, 0.05) is 0 Å². The lowest BCUT2D eigenvalue weighted by atomic mass is 10.4. The second-order valence-corrected chi connectivity index (χ2v) is 9.67. The van der Waals surface area contributed by atoms with E-state index in [0.29, 0.717) is 11.6 Å². The smallest absolute Gasteiger partial charge is 0.275 e. The molecule has 1 heterocycles. The second-order valence-electron chi connectivity index (χ2n) is 5.75. The van der Waals surface area contributed by atoms with Gasteiger partial charge in [-0.15, -0.1) is 6.58 Å². The van der Waals surface area contributed by atoms with E-state index in [-0.39, 0.29) is 5.95 Å². The van der Waals surface area contributed by atoms with Crippen LogP contribution in [0.3, 0.4) is 0 Å². The number of rotatable bonds is 6. The molecule has 1 unspecified atom stereocenters. The fourth-order valence-corrected chi connectivity index (χ4v) is 5.15. The zero-order valence-corrected chi connectivity index (χ0v) is 17.0. The first-order valence-corrected chi connectivity index (χ1v) is 11.0. The number of hydrogen-bond acceptors (Lipinski definition) is 8. The normalized spacial score (nSPS) is 12.8. The second kappa shape index (κ2) is 8.02. The molecule has 0 saturated carbocycles. The summed E-state index contributed by atoms with van der Waals surface area (Å²) < 4.78 is 52.2. The van der Waals surface area contributed by atoms with E-state index in [1.165, 1.54) is 25.1 Å². The average molecular weight is 425 g/mol. The van der Waals surface area contributed by atoms with Gasteiger partial charge in [0.1, 0.15) is 16.5 Å². The monoisotopic (exact) mass is 425 g/mol. The van der Waals surface area contributed by atoms with E-state index >= 15 is 0 Å². The van der Waals surface area contributed by atoms with Crippen LogP contribution >= 0.6 is 0 Å². The molecule has 0 aliphatic rings. The van der Waals surface area contributed by atoms with Crippen molar-refractivity contribution in [3.63, 3.8) is 0 Å². The van der Waals surface area contributed by atoms with Gasteiger partial charge in [0.2, 0.25) is 5.95 Å². The Kier molecular flexibility index (Phi) is 6.14. The summed E-state index contributed by atoms with van der Waals surface area (Å²) in [6, 6.07) is 3.84. The lowest BCUT2D eigenvalue weighted by Gasteiger charge is -2.14. The van der Waals surface area contributed by atoms with Gasteiger partial charge in [0.05, 0.1) is 10.1 Å². The number of aromatic nitrogens is 3. The standard InChI is InChI=1S/C16H19N5O5S2/c1-5-10(2)27(23,24)13-8-6-7-9-14(13)28(25,26)21-16(22)20-15-18-11(3)17-12(4)19-15/h5-10H,1H2,2-4H3,(H2,17,18,19,20,21,22). The van der Waals surface area contributed by atoms with Crippen molar-refractivity contribution in [2.75, 3.05) is 5.32 Å². The highest BCUT2D eigenvalue weighted by atomic mass is 32.2. The van der Waals surface area contributed by atoms with E-state index in [1.807, 2.05) is 0 Å². The number of nitrogens with one attached hydrogen (secondary N) is 2. The number of benzene rings is 1. The van der Waals surface area contributed by atoms with E-state index in [9.17, 15) is 21.6 Å². The maximum Gasteiger partial charge on any atom is 0.335 e. The lowest BCUT2D eigenvalue weighted by molar-refractivity contribution is 0.256. The maximum atomic E-state index is 12.6. The van der Waals surface area contributed by atoms with Crippen molar-refractivity contribution in [3.8, 4) is 0 Å². The van der Waals surface area contributed by atoms with E-state index in [4.69, 9.17) is 0 Å². The number of hydrogen-bond donors (Lipinski definition) is 2. The van der Waals surface area contributed by atoms with Crippen LogP contribution in [0.5, 0.6) is 0 Å². The summed E-state index contributed by atoms with van der Waals surface area (Å²) in [6.07, 6.45) is 1.18. The molecular weight excluding hydrogens is 406 g/mol. The first-order valence-electron chi connectivity index (χ1n) is 7.96. The van der Waals surface area contributed by atoms with Crippen LogP contribution in [0.1, 0.15) is 18.6 Å². The third kappa shape index (κ3) is 4.70. The largest absolute Gasteiger partial charge is 0.335 e. The van der Waals surface area contributed by atoms with Gasteiger partial charge in [-0.25, -0.2) is 31.3 Å². The average Bonchev–Trinajstić information content (AvgIpc) is 2.59. The van der Waals surface area contributed by atoms with Crippen LogP contribution in [0, 0.1) is 13.8 Å². The lowest BCUT2D eigenvalue weighted by Crippen LogP contribution is -2.36. The molecule has 12 heteroatoms. The Hall–Kier alpha value is -2.86. The van der Waals surface area contributed by atoms with Crippen LogP contribution in [0.4, 0.5) is 10.7 Å². The Labute approximate surface area is 163 Å². The van der Waals surface area contributed by atoms with Crippen molar-refractivity contribution < 1.29 is 21.6 Å². The highest BCUT2D eigenvalue weighted by Gasteiger charge is 2.30. The molecule has 0 radical (unpaired) electrons. The Morgan fingerprint density at radius 2 is 1.57 bits per heavy atom. The highest BCUT2D eigenvalue weighted by Crippen LogP contribution is 2.24. The fourth-order valence-electron chi connectivity index (χ4n) is 2.21. The first kappa shape index (κ1) is 21.4. The Morgan fingerprint density at radius 1 is 1.04 bits per heavy atom. The van der Waals surface area contributed by atoms with E-state index in [1.54, 1.807) is 18.6 Å². The minimum Gasteiger partial charge on any atom is -0.275 e. The zero-order valence-electron chi connectivity index (χ0n) is 15.4. The number of nitrogens with zero attached hydrogens (tertiary/aromatic N) is 3. The number of sulfonamides is 1. The van der Waals surface area contributed by atoms with E-state index < -0.39 is 40.9 Å². The molecule has 1 aromatic carbocycles. The molecule has 2 amide bonds. The molecule has 1 atom stereocenters. The zero-order chi connectivity index (χ0) is 21.1. The molecular formula is C16H19N5O5S2. The molecule has 0 saturated heterocycles. The maximum absolute atomic E-state index is 12.6. The van der Waals surface area contributed by atoms with Crippen molar-refractivity contribution in [3.05, 3.63) is 48.6 Å². The molecule has 0 bridgehead atoms. The van der Waals surface area contributed by atoms with Gasteiger partial charge in [0.15, 0.2) is 9.84 Å². The highest BCUT2D eigenvalue weighted by molar-refractivity contribution is 7.94. The minimum atomic E-state index is -4.50. The SMILES string of the molecule is C=CC(C)S(=O)(=O)c1ccccc1S(=O)(=O)NC(=O)Nc1nc(C)nc(C)n1. The van der Waals surface area contributed by atoms with E-state index in [0.717, 1.165) is 12.1 Å². The van der Waals surface area contributed by atoms with Gasteiger partial charge in [-0.05, 0) is 32.9 Å². The number of carbonyl (C=O) groups is 1. The van der Waals surface area contributed by atoms with E-state index in [2.05, 4.69) is 26.8 Å². The molecule has 150 valence electrons. The Morgan fingerprint density at radius 3 is 2.11 bits per heavy atom. The first-order chi connectivity index (χ1) is 13.0. The summed E-state index contributed by atoms with van der Waals surface area (Å²) in [4.78, 5) is 22.8. The van der Waals surface area contributed by atoms with Gasteiger partial charge in [-0.3, -0.25) is 5.32 Å². The van der Waals surface area contributed by atoms with Crippen LogP contribution in [-0.4, -0.2) is 43.1 Å². The van der Waals surface area contributed by atoms with Crippen LogP contribution in [-0.2, 0) is 19.9 Å². The topological polar surface area (TPSA) is 148 Å². The summed E-state index contributed by atoms with van der Waals surface area (Å²) in [6.45, 7) is 7.96. The van der Waals surface area contributed by atoms with Gasteiger partial charge in [-0.1, -0.05) is 18.2 Å². The van der Waals surface area contributed by atoms with Gasteiger partial charge < -0.3 is 0 Å². The molecule has 28 heavy (non-hydrogen) atoms.